The number of nitrogens with zero attached hydrogens (tertiary/aromatic N) is 3. The van der Waals surface area contributed by atoms with Crippen LogP contribution in [0.5, 0.6) is 0 Å². The average molecular weight is 432 g/mol. The number of carbonyl (C=O) groups excluding carboxylic acids is 1. The molecule has 152 valence electrons. The summed E-state index contributed by atoms with van der Waals surface area (Å²) >= 11 is 6.50. The maximum absolute atomic E-state index is 13.2. The molecule has 1 saturated heterocycles. The third-order valence-corrected chi connectivity index (χ3v) is 6.94. The molecule has 2 aliphatic heterocycles. The molecule has 0 radical (unpaired) electrons. The van der Waals surface area contributed by atoms with E-state index in [1.807, 2.05) is 42.2 Å². The molecule has 4 rings (SSSR count). The predicted octanol–water partition coefficient (Wildman–Crippen LogP) is 4.49. The van der Waals surface area contributed by atoms with Crippen molar-refractivity contribution in [1.29, 1.82) is 0 Å². The normalized spacial score (nSPS) is 17.6. The third-order valence-electron chi connectivity index (χ3n) is 5.30. The largest absolute Gasteiger partial charge is 0.328 e. The maximum atomic E-state index is 13.2. The molecule has 0 atom stereocenters. The number of amidine groups is 1. The fourth-order valence-electron chi connectivity index (χ4n) is 3.86. The van der Waals surface area contributed by atoms with E-state index in [9.17, 15) is 13.2 Å². The monoisotopic (exact) mass is 431 g/mol. The van der Waals surface area contributed by atoms with Gasteiger partial charge >= 0.3 is 0 Å². The smallest absolute Gasteiger partial charge is 0.286 e. The lowest BCUT2D eigenvalue weighted by Crippen LogP contribution is -2.36. The van der Waals surface area contributed by atoms with Crippen LogP contribution in [0.25, 0.3) is 0 Å². The Morgan fingerprint density at radius 1 is 1.17 bits per heavy atom. The predicted molar refractivity (Wildman–Crippen MR) is 116 cm³/mol. The summed E-state index contributed by atoms with van der Waals surface area (Å²) in [5.41, 5.74) is 1.40. The van der Waals surface area contributed by atoms with Crippen molar-refractivity contribution in [2.45, 2.75) is 37.5 Å². The molecule has 0 bridgehead atoms. The van der Waals surface area contributed by atoms with Gasteiger partial charge in [-0.15, -0.1) is 4.40 Å². The quantitative estimate of drug-likeness (QED) is 0.718. The van der Waals surface area contributed by atoms with E-state index in [0.29, 0.717) is 31.0 Å². The van der Waals surface area contributed by atoms with Crippen molar-refractivity contribution in [3.8, 4) is 0 Å². The number of benzene rings is 2. The number of anilines is 2. The van der Waals surface area contributed by atoms with E-state index >= 15 is 0 Å². The fourth-order valence-corrected chi connectivity index (χ4v) is 5.36. The molecule has 2 aliphatic rings. The van der Waals surface area contributed by atoms with Crippen molar-refractivity contribution >= 4 is 44.7 Å². The first-order chi connectivity index (χ1) is 13.9. The highest BCUT2D eigenvalue weighted by molar-refractivity contribution is 7.90. The Bertz CT molecular complexity index is 1080. The first-order valence-electron chi connectivity index (χ1n) is 9.74. The zero-order valence-electron chi connectivity index (χ0n) is 16.1. The molecule has 0 spiro atoms. The summed E-state index contributed by atoms with van der Waals surface area (Å²) in [5.74, 6) is 0.219. The van der Waals surface area contributed by atoms with Gasteiger partial charge in [-0.05, 0) is 44.0 Å². The van der Waals surface area contributed by atoms with E-state index in [0.717, 1.165) is 24.9 Å². The van der Waals surface area contributed by atoms with E-state index in [1.54, 1.807) is 11.0 Å². The zero-order chi connectivity index (χ0) is 20.6. The Balaban J connectivity index is 1.81. The summed E-state index contributed by atoms with van der Waals surface area (Å²) in [6.45, 7) is 2.98. The van der Waals surface area contributed by atoms with Crippen molar-refractivity contribution in [3.63, 3.8) is 0 Å². The Labute approximate surface area is 175 Å². The molecule has 29 heavy (non-hydrogen) atoms. The molecule has 2 aromatic rings. The van der Waals surface area contributed by atoms with Gasteiger partial charge < -0.3 is 9.80 Å². The number of carbonyl (C=O) groups is 1. The van der Waals surface area contributed by atoms with Gasteiger partial charge in [-0.2, -0.15) is 8.42 Å². The van der Waals surface area contributed by atoms with Crippen molar-refractivity contribution in [1.82, 2.24) is 0 Å². The molecular weight excluding hydrogens is 410 g/mol. The minimum atomic E-state index is -3.88. The average Bonchev–Trinajstić information content (AvgIpc) is 2.93. The molecule has 0 saturated carbocycles. The van der Waals surface area contributed by atoms with Crippen LogP contribution in [0, 0.1) is 0 Å². The number of rotatable bonds is 3. The number of hydrogen-bond acceptors (Lipinski definition) is 4. The molecule has 6 nitrogen and oxygen atoms in total. The second kappa shape index (κ2) is 7.80. The van der Waals surface area contributed by atoms with Crippen LogP contribution in [0.4, 0.5) is 11.4 Å². The van der Waals surface area contributed by atoms with Crippen LogP contribution in [0.1, 0.15) is 43.0 Å². The summed E-state index contributed by atoms with van der Waals surface area (Å²) in [6, 6.07) is 12.2. The van der Waals surface area contributed by atoms with Gasteiger partial charge in [0.15, 0.2) is 0 Å². The van der Waals surface area contributed by atoms with Gasteiger partial charge in [0, 0.05) is 25.2 Å². The van der Waals surface area contributed by atoms with Crippen LogP contribution in [0.2, 0.25) is 5.02 Å². The highest BCUT2D eigenvalue weighted by atomic mass is 35.5. The van der Waals surface area contributed by atoms with Gasteiger partial charge in [0.25, 0.3) is 15.9 Å². The lowest BCUT2D eigenvalue weighted by molar-refractivity contribution is 0.0988. The Hall–Kier alpha value is -2.38. The van der Waals surface area contributed by atoms with E-state index in [2.05, 4.69) is 4.40 Å². The number of hydrogen-bond donors (Lipinski definition) is 0. The van der Waals surface area contributed by atoms with Gasteiger partial charge in [0.05, 0.1) is 16.3 Å². The number of amides is 1. The van der Waals surface area contributed by atoms with E-state index in [1.165, 1.54) is 6.07 Å². The minimum absolute atomic E-state index is 0.0417. The second-order valence-electron chi connectivity index (χ2n) is 7.13. The molecule has 1 amide bonds. The molecule has 1 fully saturated rings. The van der Waals surface area contributed by atoms with Gasteiger partial charge in [0.1, 0.15) is 10.7 Å². The third kappa shape index (κ3) is 3.65. The van der Waals surface area contributed by atoms with Crippen molar-refractivity contribution in [3.05, 3.63) is 53.1 Å². The molecule has 0 unspecified atom stereocenters. The number of sulfonamides is 1. The lowest BCUT2D eigenvalue weighted by atomic mass is 10.1. The van der Waals surface area contributed by atoms with E-state index < -0.39 is 10.0 Å². The van der Waals surface area contributed by atoms with Gasteiger partial charge in [0.2, 0.25) is 0 Å². The van der Waals surface area contributed by atoms with Crippen molar-refractivity contribution in [2.75, 3.05) is 22.9 Å². The summed E-state index contributed by atoms with van der Waals surface area (Å²) in [4.78, 5) is 16.8. The summed E-state index contributed by atoms with van der Waals surface area (Å²) in [6.07, 6.45) is 3.51. The van der Waals surface area contributed by atoms with E-state index in [-0.39, 0.29) is 21.4 Å². The van der Waals surface area contributed by atoms with Crippen LogP contribution >= 0.6 is 11.6 Å². The van der Waals surface area contributed by atoms with Crippen molar-refractivity contribution < 1.29 is 13.2 Å². The highest BCUT2D eigenvalue weighted by Gasteiger charge is 2.34. The zero-order valence-corrected chi connectivity index (χ0v) is 17.7. The topological polar surface area (TPSA) is 70.1 Å². The Morgan fingerprint density at radius 2 is 1.93 bits per heavy atom. The Morgan fingerprint density at radius 3 is 2.66 bits per heavy atom. The second-order valence-corrected chi connectivity index (χ2v) is 9.11. The Kier molecular flexibility index (Phi) is 5.36. The van der Waals surface area contributed by atoms with Crippen molar-refractivity contribution in [2.24, 2.45) is 4.40 Å². The van der Waals surface area contributed by atoms with Crippen LogP contribution < -0.4 is 9.80 Å². The molecule has 8 heteroatoms. The maximum Gasteiger partial charge on any atom is 0.286 e. The van der Waals surface area contributed by atoms with Gasteiger partial charge in [-0.3, -0.25) is 4.79 Å². The SMILES string of the molecule is CCN(C(=O)c1cc2c(cc1Cl)N1CCCCCC1=NS2(=O)=O)c1ccccc1. The molecular formula is C21H22ClN3O3S. The number of fused-ring (bicyclic) bond motifs is 3. The molecule has 2 heterocycles. The highest BCUT2D eigenvalue weighted by Crippen LogP contribution is 2.38. The minimum Gasteiger partial charge on any atom is -0.328 e. The van der Waals surface area contributed by atoms with E-state index in [4.69, 9.17) is 11.6 Å². The fraction of sp³-hybridized carbons (Fsp3) is 0.333. The first-order valence-corrected chi connectivity index (χ1v) is 11.6. The van der Waals surface area contributed by atoms with Crippen LogP contribution in [-0.4, -0.2) is 33.3 Å². The van der Waals surface area contributed by atoms with Gasteiger partial charge in [-0.25, -0.2) is 0 Å². The molecule has 0 N–H and O–H groups in total. The number of halogens is 1. The summed E-state index contributed by atoms with van der Waals surface area (Å²) < 4.78 is 29.7. The molecule has 0 aliphatic carbocycles. The summed E-state index contributed by atoms with van der Waals surface area (Å²) in [5, 5.41) is 0.240. The van der Waals surface area contributed by atoms with Gasteiger partial charge in [-0.1, -0.05) is 36.2 Å². The van der Waals surface area contributed by atoms with Crippen LogP contribution in [0.15, 0.2) is 51.8 Å². The molecule has 0 aromatic heterocycles. The lowest BCUT2D eigenvalue weighted by Gasteiger charge is -2.30. The molecule has 2 aromatic carbocycles. The summed E-state index contributed by atoms with van der Waals surface area (Å²) in [7, 11) is -3.88. The number of para-hydroxylation sites is 1. The van der Waals surface area contributed by atoms with Crippen LogP contribution in [-0.2, 0) is 10.0 Å². The standard InChI is InChI=1S/C21H22ClN3O3S/c1-2-24(15-9-5-3-6-10-15)21(26)16-13-19-18(14-17(16)22)25-12-8-4-7-11-20(25)23-29(19,27)28/h3,5-6,9-10,13-14H,2,4,7-8,11-12H2,1H3. The first kappa shape index (κ1) is 19.9. The van der Waals surface area contributed by atoms with Crippen LogP contribution in [0.3, 0.4) is 0 Å².